The van der Waals surface area contributed by atoms with Gasteiger partial charge in [0.05, 0.1) is 7.11 Å². The Morgan fingerprint density at radius 1 is 1.45 bits per heavy atom. The number of hydrogen-bond donors (Lipinski definition) is 1. The van der Waals surface area contributed by atoms with Crippen molar-refractivity contribution in [1.82, 2.24) is 4.90 Å². The monoisotopic (exact) mass is 275 g/mol. The van der Waals surface area contributed by atoms with Crippen molar-refractivity contribution in [2.75, 3.05) is 13.7 Å². The molecule has 1 aromatic carbocycles. The molecule has 1 saturated carbocycles. The van der Waals surface area contributed by atoms with Crippen molar-refractivity contribution in [3.05, 3.63) is 29.8 Å². The zero-order chi connectivity index (χ0) is 14.1. The largest absolute Gasteiger partial charge is 0.508 e. The Bertz CT molecular complexity index is 502. The predicted molar refractivity (Wildman–Crippen MR) is 75.2 cm³/mol. The fourth-order valence-electron chi connectivity index (χ4n) is 3.89. The molecule has 1 aliphatic carbocycles. The van der Waals surface area contributed by atoms with Crippen LogP contribution in [0.1, 0.15) is 24.8 Å². The van der Waals surface area contributed by atoms with Crippen LogP contribution in [-0.4, -0.2) is 35.7 Å². The van der Waals surface area contributed by atoms with Crippen molar-refractivity contribution in [2.24, 2.45) is 11.8 Å². The Hall–Kier alpha value is -1.55. The van der Waals surface area contributed by atoms with E-state index in [0.717, 1.165) is 18.5 Å². The molecule has 0 spiro atoms. The molecule has 2 fully saturated rings. The van der Waals surface area contributed by atoms with E-state index in [-0.39, 0.29) is 17.8 Å². The molecule has 1 heterocycles. The second kappa shape index (κ2) is 5.44. The van der Waals surface area contributed by atoms with Gasteiger partial charge in [0, 0.05) is 13.1 Å². The molecule has 4 nitrogen and oxygen atoms in total. The number of esters is 1. The van der Waals surface area contributed by atoms with Crippen LogP contribution in [0.4, 0.5) is 0 Å². The Balaban J connectivity index is 1.79. The van der Waals surface area contributed by atoms with Gasteiger partial charge in [-0.2, -0.15) is 0 Å². The van der Waals surface area contributed by atoms with Gasteiger partial charge in [-0.05, 0) is 42.4 Å². The molecule has 0 amide bonds. The summed E-state index contributed by atoms with van der Waals surface area (Å²) in [6, 6.07) is 7.15. The van der Waals surface area contributed by atoms with Gasteiger partial charge in [0.25, 0.3) is 0 Å². The fourth-order valence-corrected chi connectivity index (χ4v) is 3.89. The maximum absolute atomic E-state index is 12.1. The number of benzene rings is 1. The molecule has 20 heavy (non-hydrogen) atoms. The van der Waals surface area contributed by atoms with Gasteiger partial charge in [0.15, 0.2) is 0 Å². The molecule has 0 aromatic heterocycles. The number of methoxy groups -OCH3 is 1. The Kier molecular flexibility index (Phi) is 3.66. The first-order valence-corrected chi connectivity index (χ1v) is 7.29. The third kappa shape index (κ3) is 2.40. The number of rotatable bonds is 3. The summed E-state index contributed by atoms with van der Waals surface area (Å²) in [5.74, 6) is 1.23. The highest BCUT2D eigenvalue weighted by Crippen LogP contribution is 2.43. The van der Waals surface area contributed by atoms with E-state index in [4.69, 9.17) is 4.74 Å². The highest BCUT2D eigenvalue weighted by atomic mass is 16.5. The number of fused-ring (bicyclic) bond motifs is 1. The number of carbonyl (C=O) groups is 1. The number of carbonyl (C=O) groups excluding carboxylic acids is 1. The average Bonchev–Trinajstić information content (AvgIpc) is 2.98. The van der Waals surface area contributed by atoms with E-state index in [0.29, 0.717) is 18.4 Å². The molecule has 4 heteroatoms. The van der Waals surface area contributed by atoms with Crippen molar-refractivity contribution < 1.29 is 14.6 Å². The summed E-state index contributed by atoms with van der Waals surface area (Å²) in [6.45, 7) is 1.65. The second-order valence-electron chi connectivity index (χ2n) is 5.92. The number of ether oxygens (including phenoxy) is 1. The summed E-state index contributed by atoms with van der Waals surface area (Å²) in [6.07, 6.45) is 3.57. The van der Waals surface area contributed by atoms with E-state index in [2.05, 4.69) is 4.90 Å². The lowest BCUT2D eigenvalue weighted by Gasteiger charge is -2.25. The van der Waals surface area contributed by atoms with Gasteiger partial charge < -0.3 is 9.84 Å². The van der Waals surface area contributed by atoms with Crippen LogP contribution in [-0.2, 0) is 16.1 Å². The Morgan fingerprint density at radius 3 is 3.05 bits per heavy atom. The van der Waals surface area contributed by atoms with E-state index >= 15 is 0 Å². The maximum Gasteiger partial charge on any atom is 0.323 e. The van der Waals surface area contributed by atoms with Gasteiger partial charge >= 0.3 is 5.97 Å². The molecule has 0 unspecified atom stereocenters. The van der Waals surface area contributed by atoms with E-state index in [1.165, 1.54) is 20.0 Å². The standard InChI is InChI=1S/C16H21NO3/c1-20-16(19)15-14-7-3-5-12(14)10-17(15)9-11-4-2-6-13(18)8-11/h2,4,6,8,12,14-15,18H,3,5,7,9-10H2,1H3/t12-,14-,15+/m1/s1. The van der Waals surface area contributed by atoms with Crippen LogP contribution >= 0.6 is 0 Å². The van der Waals surface area contributed by atoms with Crippen molar-refractivity contribution in [3.8, 4) is 5.75 Å². The second-order valence-corrected chi connectivity index (χ2v) is 5.92. The molecule has 1 N–H and O–H groups in total. The van der Waals surface area contributed by atoms with Gasteiger partial charge in [-0.25, -0.2) is 0 Å². The number of aromatic hydroxyl groups is 1. The minimum absolute atomic E-state index is 0.112. The Morgan fingerprint density at radius 2 is 2.30 bits per heavy atom. The third-order valence-electron chi connectivity index (χ3n) is 4.72. The third-order valence-corrected chi connectivity index (χ3v) is 4.72. The number of hydrogen-bond acceptors (Lipinski definition) is 4. The SMILES string of the molecule is COC(=O)[C@@H]1[C@@H]2CCC[C@@H]2CN1Cc1cccc(O)c1. The van der Waals surface area contributed by atoms with Crippen LogP contribution in [0.2, 0.25) is 0 Å². The fraction of sp³-hybridized carbons (Fsp3) is 0.562. The van der Waals surface area contributed by atoms with Crippen LogP contribution in [0, 0.1) is 11.8 Å². The van der Waals surface area contributed by atoms with Gasteiger partial charge in [-0.15, -0.1) is 0 Å². The molecule has 108 valence electrons. The van der Waals surface area contributed by atoms with Crippen LogP contribution in [0.5, 0.6) is 5.75 Å². The Labute approximate surface area is 119 Å². The van der Waals surface area contributed by atoms with E-state index in [1.54, 1.807) is 12.1 Å². The van der Waals surface area contributed by atoms with Gasteiger partial charge in [0.1, 0.15) is 11.8 Å². The van der Waals surface area contributed by atoms with Crippen LogP contribution in [0.15, 0.2) is 24.3 Å². The number of phenols is 1. The zero-order valence-electron chi connectivity index (χ0n) is 11.8. The summed E-state index contributed by atoms with van der Waals surface area (Å²) in [5.41, 5.74) is 1.04. The van der Waals surface area contributed by atoms with E-state index < -0.39 is 0 Å². The van der Waals surface area contributed by atoms with Gasteiger partial charge in [0.2, 0.25) is 0 Å². The van der Waals surface area contributed by atoms with Crippen LogP contribution < -0.4 is 0 Å². The quantitative estimate of drug-likeness (QED) is 0.859. The number of phenolic OH excluding ortho intramolecular Hbond substituents is 1. The lowest BCUT2D eigenvalue weighted by molar-refractivity contribution is -0.147. The zero-order valence-corrected chi connectivity index (χ0v) is 11.8. The predicted octanol–water partition coefficient (Wildman–Crippen LogP) is 2.17. The summed E-state index contributed by atoms with van der Waals surface area (Å²) >= 11 is 0. The molecule has 1 saturated heterocycles. The smallest absolute Gasteiger partial charge is 0.323 e. The van der Waals surface area contributed by atoms with Crippen molar-refractivity contribution >= 4 is 5.97 Å². The van der Waals surface area contributed by atoms with Gasteiger partial charge in [-0.1, -0.05) is 18.6 Å². The number of likely N-dealkylation sites (tertiary alicyclic amines) is 1. The lowest BCUT2D eigenvalue weighted by Crippen LogP contribution is -2.40. The highest BCUT2D eigenvalue weighted by Gasteiger charge is 2.47. The van der Waals surface area contributed by atoms with E-state index in [1.807, 2.05) is 12.1 Å². The lowest BCUT2D eigenvalue weighted by atomic mass is 9.94. The molecule has 1 aromatic rings. The molecule has 2 aliphatic rings. The van der Waals surface area contributed by atoms with Crippen LogP contribution in [0.25, 0.3) is 0 Å². The molecule has 0 radical (unpaired) electrons. The molecular formula is C16H21NO3. The number of nitrogens with zero attached hydrogens (tertiary/aromatic N) is 1. The van der Waals surface area contributed by atoms with E-state index in [9.17, 15) is 9.90 Å². The van der Waals surface area contributed by atoms with Crippen molar-refractivity contribution in [2.45, 2.75) is 31.8 Å². The minimum Gasteiger partial charge on any atom is -0.508 e. The molecular weight excluding hydrogens is 254 g/mol. The topological polar surface area (TPSA) is 49.8 Å². The molecule has 3 atom stereocenters. The maximum atomic E-state index is 12.1. The highest BCUT2D eigenvalue weighted by molar-refractivity contribution is 5.76. The summed E-state index contributed by atoms with van der Waals surface area (Å²) in [4.78, 5) is 14.3. The van der Waals surface area contributed by atoms with Crippen molar-refractivity contribution in [3.63, 3.8) is 0 Å². The van der Waals surface area contributed by atoms with Crippen LogP contribution in [0.3, 0.4) is 0 Å². The first kappa shape index (κ1) is 13.4. The van der Waals surface area contributed by atoms with Crippen molar-refractivity contribution in [1.29, 1.82) is 0 Å². The summed E-state index contributed by atoms with van der Waals surface area (Å²) < 4.78 is 5.00. The molecule has 1 aliphatic heterocycles. The summed E-state index contributed by atoms with van der Waals surface area (Å²) in [7, 11) is 1.47. The summed E-state index contributed by atoms with van der Waals surface area (Å²) in [5, 5.41) is 9.56. The minimum atomic E-state index is -0.116. The van der Waals surface area contributed by atoms with Gasteiger partial charge in [-0.3, -0.25) is 9.69 Å². The first-order chi connectivity index (χ1) is 9.69. The molecule has 0 bridgehead atoms. The molecule has 3 rings (SSSR count). The average molecular weight is 275 g/mol. The first-order valence-electron chi connectivity index (χ1n) is 7.29. The normalized spacial score (nSPS) is 29.4.